The molecule has 2 aromatic heterocycles. The molecule has 5 heterocycles. The first-order chi connectivity index (χ1) is 18.2. The molecule has 7 nitrogen and oxygen atoms in total. The van der Waals surface area contributed by atoms with Crippen LogP contribution in [0.5, 0.6) is 11.5 Å². The fourth-order valence-corrected chi connectivity index (χ4v) is 6.12. The Bertz CT molecular complexity index is 1450. The summed E-state index contributed by atoms with van der Waals surface area (Å²) in [4.78, 5) is 14.3. The molecule has 0 radical (unpaired) electrons. The van der Waals surface area contributed by atoms with E-state index in [0.717, 1.165) is 78.0 Å². The van der Waals surface area contributed by atoms with E-state index in [9.17, 15) is 0 Å². The largest absolute Gasteiger partial charge is 0.453 e. The van der Waals surface area contributed by atoms with Crippen LogP contribution in [0.3, 0.4) is 0 Å². The number of imidazole rings is 1. The van der Waals surface area contributed by atoms with Gasteiger partial charge in [-0.05, 0) is 87.7 Å². The summed E-state index contributed by atoms with van der Waals surface area (Å²) in [7, 11) is 0. The lowest BCUT2D eigenvalue weighted by Crippen LogP contribution is -2.27. The molecule has 1 saturated heterocycles. The molecule has 0 amide bonds. The first kappa shape index (κ1) is 22.6. The van der Waals surface area contributed by atoms with E-state index in [4.69, 9.17) is 4.74 Å². The van der Waals surface area contributed by atoms with E-state index in [1.807, 2.05) is 6.20 Å². The normalized spacial score (nSPS) is 18.9. The van der Waals surface area contributed by atoms with Crippen molar-refractivity contribution in [2.75, 3.05) is 24.5 Å². The summed E-state index contributed by atoms with van der Waals surface area (Å²) in [6, 6.07) is 16.1. The highest BCUT2D eigenvalue weighted by Crippen LogP contribution is 2.52. The number of aryl methyl sites for hydroxylation is 1. The fourth-order valence-electron chi connectivity index (χ4n) is 6.12. The van der Waals surface area contributed by atoms with Crippen molar-refractivity contribution in [1.29, 1.82) is 0 Å². The lowest BCUT2D eigenvalue weighted by atomic mass is 9.95. The molecular weight excluding hydrogens is 460 g/mol. The van der Waals surface area contributed by atoms with Gasteiger partial charge in [0.15, 0.2) is 11.5 Å². The van der Waals surface area contributed by atoms with Crippen molar-refractivity contribution in [2.45, 2.75) is 51.6 Å². The van der Waals surface area contributed by atoms with E-state index < -0.39 is 0 Å². The zero-order chi connectivity index (χ0) is 24.9. The maximum atomic E-state index is 6.63. The van der Waals surface area contributed by atoms with Crippen molar-refractivity contribution in [3.63, 3.8) is 0 Å². The van der Waals surface area contributed by atoms with Crippen molar-refractivity contribution in [1.82, 2.24) is 25.6 Å². The molecule has 2 aromatic carbocycles. The molecule has 4 N–H and O–H groups in total. The highest BCUT2D eigenvalue weighted by Gasteiger charge is 2.31. The highest BCUT2D eigenvalue weighted by molar-refractivity contribution is 5.85. The third-order valence-corrected chi connectivity index (χ3v) is 8.00. The minimum absolute atomic E-state index is 0.185. The van der Waals surface area contributed by atoms with Crippen LogP contribution in [0.25, 0.3) is 22.5 Å². The predicted octanol–water partition coefficient (Wildman–Crippen LogP) is 6.36. The smallest absolute Gasteiger partial charge is 0.152 e. The minimum atomic E-state index is 0.185. The van der Waals surface area contributed by atoms with Crippen LogP contribution in [0.2, 0.25) is 0 Å². The van der Waals surface area contributed by atoms with Crippen LogP contribution in [-0.2, 0) is 6.42 Å². The van der Waals surface area contributed by atoms with E-state index >= 15 is 0 Å². The number of hydrogen-bond acceptors (Lipinski definition) is 5. The van der Waals surface area contributed by atoms with Gasteiger partial charge in [0.05, 0.1) is 29.3 Å². The van der Waals surface area contributed by atoms with Gasteiger partial charge in [-0.1, -0.05) is 13.0 Å². The van der Waals surface area contributed by atoms with Gasteiger partial charge in [-0.2, -0.15) is 0 Å². The van der Waals surface area contributed by atoms with Crippen molar-refractivity contribution < 1.29 is 4.74 Å². The first-order valence-electron chi connectivity index (χ1n) is 13.7. The topological polar surface area (TPSA) is 81.0 Å². The van der Waals surface area contributed by atoms with Crippen LogP contribution in [0.4, 0.5) is 11.4 Å². The monoisotopic (exact) mass is 494 g/mol. The van der Waals surface area contributed by atoms with Crippen molar-refractivity contribution in [3.05, 3.63) is 65.7 Å². The standard InChI is InChI=1S/C30H34N6O/c1-3-31-18(2)30-33-17-25(35-30)21-14-20-6-5-13-36-26-11-8-19(15-27(26)37-28(16-21)29(20)36)22-9-10-24(34-22)23-7-4-12-32-23/h8-11,14-18,23,31-32,34H,3-7,12-13H2,1-2H3,(H,33,35). The number of rotatable bonds is 6. The van der Waals surface area contributed by atoms with Gasteiger partial charge in [-0.15, -0.1) is 0 Å². The van der Waals surface area contributed by atoms with Gasteiger partial charge >= 0.3 is 0 Å². The van der Waals surface area contributed by atoms with Crippen LogP contribution >= 0.6 is 0 Å². The number of H-pyrrole nitrogens is 2. The summed E-state index contributed by atoms with van der Waals surface area (Å²) in [5.41, 5.74) is 9.40. The van der Waals surface area contributed by atoms with Crippen molar-refractivity contribution in [3.8, 4) is 34.0 Å². The van der Waals surface area contributed by atoms with Crippen LogP contribution in [0.1, 0.15) is 62.3 Å². The van der Waals surface area contributed by atoms with E-state index in [1.54, 1.807) is 0 Å². The van der Waals surface area contributed by atoms with Gasteiger partial charge < -0.3 is 30.2 Å². The average Bonchev–Trinajstić information content (AvgIpc) is 3.70. The molecule has 0 aliphatic carbocycles. The lowest BCUT2D eigenvalue weighted by Gasteiger charge is -2.37. The van der Waals surface area contributed by atoms with Gasteiger partial charge in [0.1, 0.15) is 5.82 Å². The molecule has 190 valence electrons. The predicted molar refractivity (Wildman–Crippen MR) is 148 cm³/mol. The fraction of sp³-hybridized carbons (Fsp3) is 0.367. The maximum Gasteiger partial charge on any atom is 0.152 e. The number of benzene rings is 2. The number of aromatic nitrogens is 3. The Morgan fingerprint density at radius 2 is 1.97 bits per heavy atom. The number of ether oxygens (including phenoxy) is 1. The molecule has 1 fully saturated rings. The molecule has 37 heavy (non-hydrogen) atoms. The number of nitrogens with zero attached hydrogens (tertiary/aromatic N) is 2. The number of hydrogen-bond donors (Lipinski definition) is 4. The third-order valence-electron chi connectivity index (χ3n) is 8.00. The second-order valence-corrected chi connectivity index (χ2v) is 10.5. The van der Waals surface area contributed by atoms with Gasteiger partial charge in [0, 0.05) is 35.1 Å². The summed E-state index contributed by atoms with van der Waals surface area (Å²) >= 11 is 0. The Kier molecular flexibility index (Phi) is 5.55. The van der Waals surface area contributed by atoms with E-state index in [1.165, 1.54) is 29.8 Å². The Morgan fingerprint density at radius 1 is 1.05 bits per heavy atom. The first-order valence-corrected chi connectivity index (χ1v) is 13.7. The van der Waals surface area contributed by atoms with Crippen LogP contribution in [-0.4, -0.2) is 34.6 Å². The van der Waals surface area contributed by atoms with E-state index in [-0.39, 0.29) is 6.04 Å². The number of aromatic amines is 2. The summed E-state index contributed by atoms with van der Waals surface area (Å²) in [5, 5.41) is 7.01. The second-order valence-electron chi connectivity index (χ2n) is 10.5. The van der Waals surface area contributed by atoms with Gasteiger partial charge in [0.25, 0.3) is 0 Å². The molecule has 3 aliphatic rings. The Balaban J connectivity index is 1.23. The molecule has 7 heteroatoms. The summed E-state index contributed by atoms with van der Waals surface area (Å²) in [5.74, 6) is 2.80. The molecular formula is C30H34N6O. The summed E-state index contributed by atoms with van der Waals surface area (Å²) in [6.07, 6.45) is 6.54. The summed E-state index contributed by atoms with van der Waals surface area (Å²) in [6.45, 7) is 7.26. The van der Waals surface area contributed by atoms with Gasteiger partial charge in [-0.3, -0.25) is 0 Å². The Hall–Kier alpha value is -3.55. The molecule has 3 aliphatic heterocycles. The zero-order valence-electron chi connectivity index (χ0n) is 21.5. The third kappa shape index (κ3) is 3.93. The molecule has 0 saturated carbocycles. The van der Waals surface area contributed by atoms with Crippen LogP contribution < -0.4 is 20.3 Å². The van der Waals surface area contributed by atoms with E-state index in [0.29, 0.717) is 6.04 Å². The number of fused-ring (bicyclic) bond motifs is 2. The lowest BCUT2D eigenvalue weighted by molar-refractivity contribution is 0.469. The molecule has 0 bridgehead atoms. The maximum absolute atomic E-state index is 6.63. The minimum Gasteiger partial charge on any atom is -0.453 e. The second kappa shape index (κ2) is 9.08. The average molecular weight is 495 g/mol. The quantitative estimate of drug-likeness (QED) is 0.251. The number of anilines is 2. The summed E-state index contributed by atoms with van der Waals surface area (Å²) < 4.78 is 6.63. The Labute approximate surface area is 217 Å². The molecule has 0 spiro atoms. The van der Waals surface area contributed by atoms with Crippen LogP contribution in [0, 0.1) is 0 Å². The van der Waals surface area contributed by atoms with Crippen LogP contribution in [0.15, 0.2) is 48.7 Å². The molecule has 4 aromatic rings. The van der Waals surface area contributed by atoms with Crippen molar-refractivity contribution in [2.24, 2.45) is 0 Å². The molecule has 2 atom stereocenters. The van der Waals surface area contributed by atoms with Crippen molar-refractivity contribution >= 4 is 11.4 Å². The van der Waals surface area contributed by atoms with Gasteiger partial charge in [-0.25, -0.2) is 4.98 Å². The molecule has 7 rings (SSSR count). The Morgan fingerprint density at radius 3 is 2.84 bits per heavy atom. The van der Waals surface area contributed by atoms with Gasteiger partial charge in [0.2, 0.25) is 0 Å². The zero-order valence-corrected chi connectivity index (χ0v) is 21.5. The molecule has 2 unspecified atom stereocenters. The number of nitrogens with one attached hydrogen (secondary N) is 4. The highest BCUT2D eigenvalue weighted by atomic mass is 16.5. The van der Waals surface area contributed by atoms with E-state index in [2.05, 4.69) is 86.8 Å². The SMILES string of the molecule is CCNC(C)c1ncc(-c2cc3c4c(c2)Oc2cc(-c5ccc(C6CCCN6)[nH]5)ccc2N4CCC3)[nH]1.